The predicted molar refractivity (Wildman–Crippen MR) is 119 cm³/mol. The first-order valence-electron chi connectivity index (χ1n) is 10.6. The molecular weight excluding hydrogens is 413 g/mol. The maximum atomic E-state index is 13.7. The minimum atomic E-state index is -0.454. The van der Waals surface area contributed by atoms with Crippen molar-refractivity contribution in [1.29, 1.82) is 0 Å². The summed E-state index contributed by atoms with van der Waals surface area (Å²) in [5, 5.41) is 0. The first kappa shape index (κ1) is 21.8. The van der Waals surface area contributed by atoms with Crippen molar-refractivity contribution in [1.82, 2.24) is 9.80 Å². The van der Waals surface area contributed by atoms with E-state index in [4.69, 9.17) is 9.47 Å². The van der Waals surface area contributed by atoms with E-state index in [1.54, 1.807) is 18.2 Å². The zero-order chi connectivity index (χ0) is 22.8. The van der Waals surface area contributed by atoms with Crippen LogP contribution in [-0.4, -0.2) is 68.6 Å². The summed E-state index contributed by atoms with van der Waals surface area (Å²) in [5.74, 6) is -0.334. The van der Waals surface area contributed by atoms with Gasteiger partial charge in [-0.3, -0.25) is 9.59 Å². The Morgan fingerprint density at radius 1 is 0.875 bits per heavy atom. The molecule has 32 heavy (non-hydrogen) atoms. The summed E-state index contributed by atoms with van der Waals surface area (Å²) < 4.78 is 24.2. The van der Waals surface area contributed by atoms with Crippen molar-refractivity contribution in [2.24, 2.45) is 0 Å². The van der Waals surface area contributed by atoms with Gasteiger partial charge in [-0.05, 0) is 24.2 Å². The Balaban J connectivity index is 1.79. The number of anilines is 1. The Hall–Kier alpha value is -3.39. The van der Waals surface area contributed by atoms with Crippen LogP contribution in [0.4, 0.5) is 10.1 Å². The van der Waals surface area contributed by atoms with Gasteiger partial charge in [-0.15, -0.1) is 0 Å². The van der Waals surface area contributed by atoms with Crippen molar-refractivity contribution in [2.75, 3.05) is 51.8 Å². The third-order valence-corrected chi connectivity index (χ3v) is 5.92. The third kappa shape index (κ3) is 3.93. The normalized spacial score (nSPS) is 17.4. The number of hydrogen-bond donors (Lipinski definition) is 0. The highest BCUT2D eigenvalue weighted by Crippen LogP contribution is 2.38. The van der Waals surface area contributed by atoms with E-state index in [0.717, 1.165) is 24.5 Å². The lowest BCUT2D eigenvalue weighted by Gasteiger charge is -2.36. The lowest BCUT2D eigenvalue weighted by atomic mass is 10.0. The van der Waals surface area contributed by atoms with E-state index in [9.17, 15) is 14.0 Å². The van der Waals surface area contributed by atoms with E-state index in [0.29, 0.717) is 41.5 Å². The molecule has 2 aromatic rings. The molecule has 0 radical (unpaired) electrons. The zero-order valence-electron chi connectivity index (χ0n) is 18.4. The number of halogens is 1. The number of likely N-dealkylation sites (N-methyl/N-ethyl adjacent to an activating group) is 1. The summed E-state index contributed by atoms with van der Waals surface area (Å²) in [5.41, 5.74) is 1.49. The standard InChI is InChI=1S/C24H26FN3O4/c1-4-26-9-11-27(12-10-26)22-21(16-5-7-17(25)8-6-16)23(29)28(24(22)30)18-13-19(31-2)15-20(14-18)32-3/h5-8,13-15H,4,9-12H2,1-3H3. The maximum absolute atomic E-state index is 13.7. The first-order valence-corrected chi connectivity index (χ1v) is 10.6. The Morgan fingerprint density at radius 2 is 1.47 bits per heavy atom. The second-order valence-electron chi connectivity index (χ2n) is 7.67. The number of piperazine rings is 1. The van der Waals surface area contributed by atoms with E-state index in [2.05, 4.69) is 11.8 Å². The van der Waals surface area contributed by atoms with Crippen LogP contribution in [0.15, 0.2) is 48.2 Å². The van der Waals surface area contributed by atoms with E-state index in [1.165, 1.54) is 38.5 Å². The van der Waals surface area contributed by atoms with Crippen LogP contribution in [0, 0.1) is 5.82 Å². The molecule has 2 aliphatic rings. The van der Waals surface area contributed by atoms with Crippen LogP contribution >= 0.6 is 0 Å². The molecule has 0 atom stereocenters. The minimum Gasteiger partial charge on any atom is -0.497 e. The molecule has 0 saturated carbocycles. The van der Waals surface area contributed by atoms with Gasteiger partial charge in [0.05, 0.1) is 25.5 Å². The van der Waals surface area contributed by atoms with Crippen LogP contribution in [0.5, 0.6) is 11.5 Å². The molecule has 0 bridgehead atoms. The average molecular weight is 439 g/mol. The molecule has 4 rings (SSSR count). The molecule has 0 unspecified atom stereocenters. The van der Waals surface area contributed by atoms with Crippen LogP contribution in [0.25, 0.3) is 5.57 Å². The number of carbonyl (C=O) groups excluding carboxylic acids is 2. The molecule has 0 N–H and O–H groups in total. The average Bonchev–Trinajstić information content (AvgIpc) is 3.09. The van der Waals surface area contributed by atoms with Crippen LogP contribution in [0.1, 0.15) is 12.5 Å². The van der Waals surface area contributed by atoms with E-state index in [1.807, 2.05) is 4.90 Å². The summed E-state index contributed by atoms with van der Waals surface area (Å²) in [6.45, 7) is 5.88. The van der Waals surface area contributed by atoms with Gasteiger partial charge in [-0.1, -0.05) is 19.1 Å². The van der Waals surface area contributed by atoms with Gasteiger partial charge >= 0.3 is 0 Å². The zero-order valence-corrected chi connectivity index (χ0v) is 18.4. The highest BCUT2D eigenvalue weighted by atomic mass is 19.1. The second-order valence-corrected chi connectivity index (χ2v) is 7.67. The van der Waals surface area contributed by atoms with Gasteiger partial charge in [0.25, 0.3) is 11.8 Å². The lowest BCUT2D eigenvalue weighted by molar-refractivity contribution is -0.120. The van der Waals surface area contributed by atoms with Crippen LogP contribution in [-0.2, 0) is 9.59 Å². The van der Waals surface area contributed by atoms with Crippen molar-refractivity contribution in [3.05, 3.63) is 59.5 Å². The Kier molecular flexibility index (Phi) is 6.14. The van der Waals surface area contributed by atoms with Crippen molar-refractivity contribution in [3.8, 4) is 11.5 Å². The smallest absolute Gasteiger partial charge is 0.282 e. The Bertz CT molecular complexity index is 1040. The van der Waals surface area contributed by atoms with Gasteiger partial charge in [-0.25, -0.2) is 9.29 Å². The molecule has 8 heteroatoms. The van der Waals surface area contributed by atoms with Crippen LogP contribution in [0.2, 0.25) is 0 Å². The fourth-order valence-electron chi connectivity index (χ4n) is 4.13. The van der Waals surface area contributed by atoms with Crippen molar-refractivity contribution < 1.29 is 23.5 Å². The van der Waals surface area contributed by atoms with E-state index in [-0.39, 0.29) is 5.57 Å². The molecule has 1 fully saturated rings. The summed E-state index contributed by atoms with van der Waals surface area (Å²) in [7, 11) is 3.01. The van der Waals surface area contributed by atoms with Gasteiger partial charge in [-0.2, -0.15) is 0 Å². The van der Waals surface area contributed by atoms with Gasteiger partial charge < -0.3 is 19.3 Å². The van der Waals surface area contributed by atoms with Crippen LogP contribution in [0.3, 0.4) is 0 Å². The van der Waals surface area contributed by atoms with Crippen LogP contribution < -0.4 is 14.4 Å². The molecular formula is C24H26FN3O4. The molecule has 7 nitrogen and oxygen atoms in total. The third-order valence-electron chi connectivity index (χ3n) is 5.92. The largest absolute Gasteiger partial charge is 0.497 e. The van der Waals surface area contributed by atoms with E-state index >= 15 is 0 Å². The number of nitrogens with zero attached hydrogens (tertiary/aromatic N) is 3. The van der Waals surface area contributed by atoms with Gasteiger partial charge in [0.1, 0.15) is 23.0 Å². The lowest BCUT2D eigenvalue weighted by Crippen LogP contribution is -2.47. The number of amides is 2. The summed E-state index contributed by atoms with van der Waals surface area (Å²) in [6.07, 6.45) is 0. The number of methoxy groups -OCH3 is 2. The fraction of sp³-hybridized carbons (Fsp3) is 0.333. The van der Waals surface area contributed by atoms with Crippen molar-refractivity contribution in [3.63, 3.8) is 0 Å². The molecule has 1 saturated heterocycles. The minimum absolute atomic E-state index is 0.279. The number of rotatable bonds is 6. The Morgan fingerprint density at radius 3 is 2.00 bits per heavy atom. The van der Waals surface area contributed by atoms with Gasteiger partial charge in [0.2, 0.25) is 0 Å². The molecule has 168 valence electrons. The summed E-state index contributed by atoms with van der Waals surface area (Å²) >= 11 is 0. The molecule has 2 aliphatic heterocycles. The highest BCUT2D eigenvalue weighted by molar-refractivity contribution is 6.45. The summed E-state index contributed by atoms with van der Waals surface area (Å²) in [6, 6.07) is 10.6. The molecule has 0 aliphatic carbocycles. The van der Waals surface area contributed by atoms with Crippen molar-refractivity contribution in [2.45, 2.75) is 6.92 Å². The topological polar surface area (TPSA) is 62.3 Å². The molecule has 2 heterocycles. The quantitative estimate of drug-likeness (QED) is 0.645. The molecule has 2 amide bonds. The number of benzene rings is 2. The van der Waals surface area contributed by atoms with E-state index < -0.39 is 17.6 Å². The number of hydrogen-bond acceptors (Lipinski definition) is 6. The summed E-state index contributed by atoms with van der Waals surface area (Å²) in [4.78, 5) is 32.7. The molecule has 0 spiro atoms. The first-order chi connectivity index (χ1) is 15.5. The number of carbonyl (C=O) groups is 2. The number of imide groups is 1. The highest BCUT2D eigenvalue weighted by Gasteiger charge is 2.43. The Labute approximate surface area is 186 Å². The van der Waals surface area contributed by atoms with Crippen molar-refractivity contribution >= 4 is 23.1 Å². The second kappa shape index (κ2) is 9.00. The fourth-order valence-corrected chi connectivity index (χ4v) is 4.13. The molecule has 2 aromatic carbocycles. The van der Waals surface area contributed by atoms with Gasteiger partial charge in [0, 0.05) is 44.4 Å². The predicted octanol–water partition coefficient (Wildman–Crippen LogP) is 2.76. The van der Waals surface area contributed by atoms with Gasteiger partial charge in [0.15, 0.2) is 0 Å². The monoisotopic (exact) mass is 439 g/mol. The SMILES string of the molecule is CCN1CCN(C2=C(c3ccc(F)cc3)C(=O)N(c3cc(OC)cc(OC)c3)C2=O)CC1. The number of ether oxygens (including phenoxy) is 2. The molecule has 0 aromatic heterocycles. The maximum Gasteiger partial charge on any atom is 0.282 e.